The van der Waals surface area contributed by atoms with Gasteiger partial charge >= 0.3 is 0 Å². The highest BCUT2D eigenvalue weighted by Gasteiger charge is 2.18. The predicted octanol–water partition coefficient (Wildman–Crippen LogP) is 2.33. The van der Waals surface area contributed by atoms with Crippen LogP contribution in [0.1, 0.15) is 25.3 Å². The summed E-state index contributed by atoms with van der Waals surface area (Å²) in [4.78, 5) is 4.71. The number of hydrogen-bond acceptors (Lipinski definition) is 3. The van der Waals surface area contributed by atoms with Gasteiger partial charge in [-0.15, -0.1) is 0 Å². The molecule has 0 bridgehead atoms. The summed E-state index contributed by atoms with van der Waals surface area (Å²) in [5.74, 6) is 0. The molecule has 3 heteroatoms. The molecule has 1 heterocycles. The zero-order valence-corrected chi connectivity index (χ0v) is 12.5. The third kappa shape index (κ3) is 4.22. The molecule has 1 aromatic rings. The Hall–Kier alpha value is -1.06. The Morgan fingerprint density at radius 3 is 2.32 bits per heavy atom. The van der Waals surface area contributed by atoms with Gasteiger partial charge < -0.3 is 10.2 Å². The minimum Gasteiger partial charge on any atom is -0.378 e. The van der Waals surface area contributed by atoms with Gasteiger partial charge in [-0.25, -0.2) is 0 Å². The lowest BCUT2D eigenvalue weighted by molar-refractivity contribution is 0.192. The normalized spacial score (nSPS) is 17.6. The van der Waals surface area contributed by atoms with Crippen molar-refractivity contribution in [2.75, 3.05) is 38.6 Å². The summed E-state index contributed by atoms with van der Waals surface area (Å²) >= 11 is 0. The van der Waals surface area contributed by atoms with Gasteiger partial charge in [-0.3, -0.25) is 4.90 Å². The van der Waals surface area contributed by atoms with E-state index in [2.05, 4.69) is 60.4 Å². The van der Waals surface area contributed by atoms with Crippen LogP contribution in [-0.4, -0.2) is 44.7 Å². The number of piperidine rings is 1. The SMILES string of the molecule is CCNC1CCN(Cc2ccc(N(C)C)cc2)CC1. The second-order valence-corrected chi connectivity index (χ2v) is 5.67. The van der Waals surface area contributed by atoms with Gasteiger partial charge in [0, 0.05) is 32.4 Å². The van der Waals surface area contributed by atoms with Crippen molar-refractivity contribution in [2.45, 2.75) is 32.4 Å². The van der Waals surface area contributed by atoms with Crippen molar-refractivity contribution in [1.29, 1.82) is 0 Å². The number of rotatable bonds is 5. The fourth-order valence-corrected chi connectivity index (χ4v) is 2.74. The van der Waals surface area contributed by atoms with E-state index >= 15 is 0 Å². The van der Waals surface area contributed by atoms with Crippen molar-refractivity contribution in [3.05, 3.63) is 29.8 Å². The van der Waals surface area contributed by atoms with Crippen LogP contribution in [0.25, 0.3) is 0 Å². The molecule has 0 aliphatic carbocycles. The van der Waals surface area contributed by atoms with Crippen LogP contribution >= 0.6 is 0 Å². The molecular weight excluding hydrogens is 234 g/mol. The Morgan fingerprint density at radius 1 is 1.16 bits per heavy atom. The average molecular weight is 261 g/mol. The summed E-state index contributed by atoms with van der Waals surface area (Å²) < 4.78 is 0. The van der Waals surface area contributed by atoms with Gasteiger partial charge in [-0.05, 0) is 50.2 Å². The highest BCUT2D eigenvalue weighted by molar-refractivity contribution is 5.45. The molecule has 1 fully saturated rings. The Balaban J connectivity index is 1.82. The molecule has 0 unspecified atom stereocenters. The van der Waals surface area contributed by atoms with E-state index in [0.29, 0.717) is 0 Å². The third-order valence-corrected chi connectivity index (χ3v) is 3.94. The molecule has 1 N–H and O–H groups in total. The molecule has 0 aromatic heterocycles. The van der Waals surface area contributed by atoms with Crippen molar-refractivity contribution < 1.29 is 0 Å². The second kappa shape index (κ2) is 6.92. The molecule has 1 aliphatic rings. The zero-order valence-electron chi connectivity index (χ0n) is 12.5. The summed E-state index contributed by atoms with van der Waals surface area (Å²) in [6, 6.07) is 9.66. The van der Waals surface area contributed by atoms with Crippen molar-refractivity contribution in [3.63, 3.8) is 0 Å². The van der Waals surface area contributed by atoms with Crippen LogP contribution in [-0.2, 0) is 6.54 Å². The van der Waals surface area contributed by atoms with Gasteiger partial charge in [-0.2, -0.15) is 0 Å². The highest BCUT2D eigenvalue weighted by Crippen LogP contribution is 2.16. The minimum absolute atomic E-state index is 0.734. The van der Waals surface area contributed by atoms with Gasteiger partial charge in [-0.1, -0.05) is 19.1 Å². The van der Waals surface area contributed by atoms with Gasteiger partial charge in [0.15, 0.2) is 0 Å². The van der Waals surface area contributed by atoms with Gasteiger partial charge in [0.2, 0.25) is 0 Å². The molecule has 1 aromatic carbocycles. The van der Waals surface area contributed by atoms with E-state index in [0.717, 1.165) is 19.1 Å². The molecule has 106 valence electrons. The molecule has 0 amide bonds. The van der Waals surface area contributed by atoms with Gasteiger partial charge in [0.25, 0.3) is 0 Å². The first-order valence-corrected chi connectivity index (χ1v) is 7.41. The van der Waals surface area contributed by atoms with Crippen LogP contribution in [0.4, 0.5) is 5.69 Å². The largest absolute Gasteiger partial charge is 0.378 e. The summed E-state index contributed by atoms with van der Waals surface area (Å²) in [6.45, 7) is 6.81. The number of benzene rings is 1. The first-order chi connectivity index (χ1) is 9.19. The maximum atomic E-state index is 3.56. The second-order valence-electron chi connectivity index (χ2n) is 5.67. The van der Waals surface area contributed by atoms with E-state index in [-0.39, 0.29) is 0 Å². The fourth-order valence-electron chi connectivity index (χ4n) is 2.74. The van der Waals surface area contributed by atoms with E-state index in [9.17, 15) is 0 Å². The van der Waals surface area contributed by atoms with Gasteiger partial charge in [0.05, 0.1) is 0 Å². The first-order valence-electron chi connectivity index (χ1n) is 7.41. The lowest BCUT2D eigenvalue weighted by atomic mass is 10.0. The number of anilines is 1. The number of nitrogens with one attached hydrogen (secondary N) is 1. The van der Waals surface area contributed by atoms with Crippen LogP contribution < -0.4 is 10.2 Å². The van der Waals surface area contributed by atoms with Crippen LogP contribution in [0.3, 0.4) is 0 Å². The smallest absolute Gasteiger partial charge is 0.0361 e. The minimum atomic E-state index is 0.734. The summed E-state index contributed by atoms with van der Waals surface area (Å²) in [5.41, 5.74) is 2.70. The molecule has 0 atom stereocenters. The maximum absolute atomic E-state index is 3.56. The Labute approximate surface area is 117 Å². The molecular formula is C16H27N3. The standard InChI is InChI=1S/C16H27N3/c1-4-17-15-9-11-19(12-10-15)13-14-5-7-16(8-6-14)18(2)3/h5-8,15,17H,4,9-13H2,1-3H3. The molecule has 1 aliphatic heterocycles. The molecule has 0 radical (unpaired) electrons. The third-order valence-electron chi connectivity index (χ3n) is 3.94. The van der Waals surface area contributed by atoms with Crippen LogP contribution in [0.2, 0.25) is 0 Å². The molecule has 19 heavy (non-hydrogen) atoms. The van der Waals surface area contributed by atoms with E-state index in [1.165, 1.54) is 37.2 Å². The van der Waals surface area contributed by atoms with Crippen LogP contribution in [0.5, 0.6) is 0 Å². The summed E-state index contributed by atoms with van der Waals surface area (Å²) in [6.07, 6.45) is 2.56. The lowest BCUT2D eigenvalue weighted by Gasteiger charge is -2.32. The summed E-state index contributed by atoms with van der Waals surface area (Å²) in [5, 5.41) is 3.56. The number of likely N-dealkylation sites (tertiary alicyclic amines) is 1. The van der Waals surface area contributed by atoms with Crippen LogP contribution in [0, 0.1) is 0 Å². The topological polar surface area (TPSA) is 18.5 Å². The van der Waals surface area contributed by atoms with E-state index in [4.69, 9.17) is 0 Å². The average Bonchev–Trinajstić information content (AvgIpc) is 2.42. The molecule has 0 saturated carbocycles. The Kier molecular flexibility index (Phi) is 5.23. The van der Waals surface area contributed by atoms with Crippen molar-refractivity contribution in [1.82, 2.24) is 10.2 Å². The molecule has 0 spiro atoms. The lowest BCUT2D eigenvalue weighted by Crippen LogP contribution is -2.42. The fraction of sp³-hybridized carbons (Fsp3) is 0.625. The molecule has 2 rings (SSSR count). The molecule has 3 nitrogen and oxygen atoms in total. The van der Waals surface area contributed by atoms with Crippen molar-refractivity contribution in [2.24, 2.45) is 0 Å². The van der Waals surface area contributed by atoms with Gasteiger partial charge in [0.1, 0.15) is 0 Å². The van der Waals surface area contributed by atoms with E-state index < -0.39 is 0 Å². The first kappa shape index (κ1) is 14.4. The van der Waals surface area contributed by atoms with Crippen molar-refractivity contribution in [3.8, 4) is 0 Å². The van der Waals surface area contributed by atoms with E-state index in [1.807, 2.05) is 0 Å². The van der Waals surface area contributed by atoms with Crippen molar-refractivity contribution >= 4 is 5.69 Å². The van der Waals surface area contributed by atoms with Crippen LogP contribution in [0.15, 0.2) is 24.3 Å². The number of nitrogens with zero attached hydrogens (tertiary/aromatic N) is 2. The maximum Gasteiger partial charge on any atom is 0.0361 e. The quantitative estimate of drug-likeness (QED) is 0.877. The Morgan fingerprint density at radius 2 is 1.79 bits per heavy atom. The number of hydrogen-bond donors (Lipinski definition) is 1. The molecule has 1 saturated heterocycles. The summed E-state index contributed by atoms with van der Waals surface area (Å²) in [7, 11) is 4.17. The zero-order chi connectivity index (χ0) is 13.7. The van der Waals surface area contributed by atoms with E-state index in [1.54, 1.807) is 0 Å². The Bertz CT molecular complexity index is 364. The predicted molar refractivity (Wildman–Crippen MR) is 82.7 cm³/mol. The monoisotopic (exact) mass is 261 g/mol. The highest BCUT2D eigenvalue weighted by atomic mass is 15.1.